The van der Waals surface area contributed by atoms with Crippen molar-refractivity contribution in [1.82, 2.24) is 24.4 Å². The summed E-state index contributed by atoms with van der Waals surface area (Å²) in [5.41, 5.74) is 0.522. The minimum atomic E-state index is -3.61. The summed E-state index contributed by atoms with van der Waals surface area (Å²) in [6.45, 7) is 3.85. The van der Waals surface area contributed by atoms with Crippen molar-refractivity contribution in [2.24, 2.45) is 0 Å². The second kappa shape index (κ2) is 8.67. The van der Waals surface area contributed by atoms with Crippen molar-refractivity contribution in [1.29, 1.82) is 0 Å². The highest BCUT2D eigenvalue weighted by Crippen LogP contribution is 2.26. The predicted octanol–water partition coefficient (Wildman–Crippen LogP) is 0.805. The Balaban J connectivity index is 1.23. The molecule has 0 unspecified atom stereocenters. The van der Waals surface area contributed by atoms with Crippen LogP contribution >= 0.6 is 11.8 Å². The Kier molecular flexibility index (Phi) is 5.91. The zero-order valence-electron chi connectivity index (χ0n) is 17.3. The van der Waals surface area contributed by atoms with Crippen LogP contribution in [0.3, 0.4) is 0 Å². The van der Waals surface area contributed by atoms with Crippen molar-refractivity contribution < 1.29 is 13.2 Å². The highest BCUT2D eigenvalue weighted by molar-refractivity contribution is 7.99. The van der Waals surface area contributed by atoms with Crippen LogP contribution in [0.15, 0.2) is 41.4 Å². The van der Waals surface area contributed by atoms with Gasteiger partial charge in [0.25, 0.3) is 0 Å². The number of piperazine rings is 1. The number of para-hydroxylation sites is 1. The smallest absolute Gasteiger partial charge is 0.245 e. The van der Waals surface area contributed by atoms with Crippen LogP contribution in [0.5, 0.6) is 0 Å². The van der Waals surface area contributed by atoms with E-state index in [4.69, 9.17) is 0 Å². The molecule has 2 aromatic rings. The van der Waals surface area contributed by atoms with Crippen LogP contribution in [0, 0.1) is 0 Å². The van der Waals surface area contributed by atoms with Gasteiger partial charge in [0.05, 0.1) is 17.4 Å². The number of fused-ring (bicyclic) bond motifs is 1. The van der Waals surface area contributed by atoms with Gasteiger partial charge in [0, 0.05) is 62.6 Å². The molecule has 4 heterocycles. The van der Waals surface area contributed by atoms with Crippen LogP contribution < -0.4 is 5.32 Å². The van der Waals surface area contributed by atoms with Crippen molar-refractivity contribution >= 4 is 38.6 Å². The molecule has 1 aromatic carbocycles. The first-order valence-electron chi connectivity index (χ1n) is 10.7. The van der Waals surface area contributed by atoms with E-state index in [1.807, 2.05) is 23.1 Å². The molecule has 5 rings (SSSR count). The number of hydrogen-bond acceptors (Lipinski definition) is 7. The number of thioether (sulfide) groups is 1. The van der Waals surface area contributed by atoms with Crippen molar-refractivity contribution in [2.75, 3.05) is 50.9 Å². The number of pyridine rings is 1. The molecule has 0 bridgehead atoms. The fourth-order valence-electron chi connectivity index (χ4n) is 4.72. The monoisotopic (exact) mass is 461 g/mol. The number of nitrogens with zero attached hydrogens (tertiary/aromatic N) is 4. The molecule has 31 heavy (non-hydrogen) atoms. The molecule has 0 spiro atoms. The SMILES string of the molecule is O=C([C@@H]1C[C@H](N2CCN(S(=O)(=O)c3cccc4cccnc34)CC2)CN1)N1CCSC1. The van der Waals surface area contributed by atoms with E-state index in [1.54, 1.807) is 34.4 Å². The summed E-state index contributed by atoms with van der Waals surface area (Å²) in [5, 5.41) is 4.21. The summed E-state index contributed by atoms with van der Waals surface area (Å²) in [6, 6.07) is 9.14. The van der Waals surface area contributed by atoms with E-state index in [-0.39, 0.29) is 22.9 Å². The van der Waals surface area contributed by atoms with Crippen LogP contribution in [-0.2, 0) is 14.8 Å². The van der Waals surface area contributed by atoms with Gasteiger partial charge in [-0.1, -0.05) is 18.2 Å². The van der Waals surface area contributed by atoms with E-state index < -0.39 is 10.0 Å². The summed E-state index contributed by atoms with van der Waals surface area (Å²) in [4.78, 5) is 21.5. The molecule has 2 atom stereocenters. The fraction of sp³-hybridized carbons (Fsp3) is 0.524. The molecule has 0 radical (unpaired) electrons. The number of hydrogen-bond donors (Lipinski definition) is 1. The van der Waals surface area contributed by atoms with E-state index in [1.165, 1.54) is 0 Å². The molecular weight excluding hydrogens is 434 g/mol. The summed E-state index contributed by atoms with van der Waals surface area (Å²) >= 11 is 1.80. The van der Waals surface area contributed by atoms with E-state index in [9.17, 15) is 13.2 Å². The molecule has 8 nitrogen and oxygen atoms in total. The molecule has 3 aliphatic heterocycles. The van der Waals surface area contributed by atoms with Gasteiger partial charge in [-0.3, -0.25) is 14.7 Å². The zero-order chi connectivity index (χ0) is 21.4. The first-order valence-corrected chi connectivity index (χ1v) is 13.3. The first kappa shape index (κ1) is 21.1. The Morgan fingerprint density at radius 2 is 1.90 bits per heavy atom. The highest BCUT2D eigenvalue weighted by Gasteiger charge is 2.38. The van der Waals surface area contributed by atoms with Gasteiger partial charge in [0.2, 0.25) is 15.9 Å². The molecule has 166 valence electrons. The number of carbonyl (C=O) groups excluding carboxylic acids is 1. The lowest BCUT2D eigenvalue weighted by molar-refractivity contribution is -0.131. The molecule has 3 fully saturated rings. The van der Waals surface area contributed by atoms with E-state index >= 15 is 0 Å². The number of amides is 1. The maximum Gasteiger partial charge on any atom is 0.245 e. The lowest BCUT2D eigenvalue weighted by atomic mass is 10.1. The van der Waals surface area contributed by atoms with Gasteiger partial charge in [-0.05, 0) is 18.6 Å². The summed E-state index contributed by atoms with van der Waals surface area (Å²) in [5.74, 6) is 2.02. The van der Waals surface area contributed by atoms with Crippen molar-refractivity contribution in [3.63, 3.8) is 0 Å². The van der Waals surface area contributed by atoms with Crippen molar-refractivity contribution in [3.8, 4) is 0 Å². The topological polar surface area (TPSA) is 85.9 Å². The molecule has 3 aliphatic rings. The fourth-order valence-corrected chi connectivity index (χ4v) is 7.27. The van der Waals surface area contributed by atoms with Crippen LogP contribution in [0.4, 0.5) is 0 Å². The lowest BCUT2D eigenvalue weighted by Crippen LogP contribution is -2.52. The average Bonchev–Trinajstić information content (AvgIpc) is 3.51. The van der Waals surface area contributed by atoms with Crippen LogP contribution in [0.1, 0.15) is 6.42 Å². The third kappa shape index (κ3) is 4.07. The third-order valence-corrected chi connectivity index (χ3v) is 9.37. The van der Waals surface area contributed by atoms with Crippen molar-refractivity contribution in [2.45, 2.75) is 23.4 Å². The maximum atomic E-state index is 13.3. The van der Waals surface area contributed by atoms with Gasteiger partial charge < -0.3 is 10.2 Å². The van der Waals surface area contributed by atoms with E-state index in [0.29, 0.717) is 31.7 Å². The normalized spacial score (nSPS) is 26.0. The number of nitrogens with one attached hydrogen (secondary N) is 1. The Morgan fingerprint density at radius 1 is 1.10 bits per heavy atom. The Hall–Kier alpha value is -1.72. The average molecular weight is 462 g/mol. The summed E-state index contributed by atoms with van der Waals surface area (Å²) in [6.07, 6.45) is 2.42. The van der Waals surface area contributed by atoms with Crippen molar-refractivity contribution in [3.05, 3.63) is 36.5 Å². The third-order valence-electron chi connectivity index (χ3n) is 6.47. The minimum Gasteiger partial charge on any atom is -0.331 e. The van der Waals surface area contributed by atoms with E-state index in [2.05, 4.69) is 15.2 Å². The first-order chi connectivity index (χ1) is 15.0. The van der Waals surface area contributed by atoms with Gasteiger partial charge in [0.15, 0.2) is 0 Å². The van der Waals surface area contributed by atoms with Gasteiger partial charge >= 0.3 is 0 Å². The molecule has 0 aliphatic carbocycles. The second-order valence-corrected chi connectivity index (χ2v) is 11.2. The van der Waals surface area contributed by atoms with Gasteiger partial charge in [0.1, 0.15) is 4.90 Å². The molecule has 10 heteroatoms. The highest BCUT2D eigenvalue weighted by atomic mass is 32.2. The number of rotatable bonds is 4. The largest absolute Gasteiger partial charge is 0.331 e. The number of carbonyl (C=O) groups is 1. The minimum absolute atomic E-state index is 0.118. The van der Waals surface area contributed by atoms with Crippen LogP contribution in [0.25, 0.3) is 10.9 Å². The van der Waals surface area contributed by atoms with Gasteiger partial charge in [-0.15, -0.1) is 11.8 Å². The lowest BCUT2D eigenvalue weighted by Gasteiger charge is -2.37. The van der Waals surface area contributed by atoms with Gasteiger partial charge in [-0.25, -0.2) is 8.42 Å². The van der Waals surface area contributed by atoms with Crippen LogP contribution in [-0.4, -0.2) is 96.4 Å². The molecule has 0 saturated carbocycles. The van der Waals surface area contributed by atoms with Gasteiger partial charge in [-0.2, -0.15) is 4.31 Å². The second-order valence-electron chi connectivity index (χ2n) is 8.26. The molecule has 1 amide bonds. The summed E-state index contributed by atoms with van der Waals surface area (Å²) < 4.78 is 28.2. The molecule has 3 saturated heterocycles. The molecule has 1 N–H and O–H groups in total. The molecular formula is C21H27N5O3S2. The standard InChI is InChI=1S/C21H27N5O3S2/c27-21(25-11-12-30-15-25)18-13-17(14-23-18)24-7-9-26(10-8-24)31(28,29)19-5-1-3-16-4-2-6-22-20(16)19/h1-6,17-18,23H,7-15H2/t17-,18-/m0/s1. The number of aromatic nitrogens is 1. The molecule has 1 aromatic heterocycles. The maximum absolute atomic E-state index is 13.3. The van der Waals surface area contributed by atoms with E-state index in [0.717, 1.165) is 36.5 Å². The Bertz CT molecular complexity index is 1060. The van der Waals surface area contributed by atoms with Crippen LogP contribution in [0.2, 0.25) is 0 Å². The number of sulfonamides is 1. The Morgan fingerprint density at radius 3 is 2.68 bits per heavy atom. The zero-order valence-corrected chi connectivity index (χ0v) is 18.9. The quantitative estimate of drug-likeness (QED) is 0.721. The Labute approximate surface area is 187 Å². The summed E-state index contributed by atoms with van der Waals surface area (Å²) in [7, 11) is -3.61. The predicted molar refractivity (Wildman–Crippen MR) is 121 cm³/mol. The number of benzene rings is 1.